The molecule has 5 rings (SSSR count). The summed E-state index contributed by atoms with van der Waals surface area (Å²) in [4.78, 5) is 17.4. The maximum absolute atomic E-state index is 15.1. The second kappa shape index (κ2) is 6.97. The van der Waals surface area contributed by atoms with Gasteiger partial charge in [-0.3, -0.25) is 4.98 Å². The van der Waals surface area contributed by atoms with E-state index in [4.69, 9.17) is 10.5 Å². The van der Waals surface area contributed by atoms with Crippen molar-refractivity contribution in [3.63, 3.8) is 0 Å². The van der Waals surface area contributed by atoms with Gasteiger partial charge in [0.15, 0.2) is 0 Å². The topological polar surface area (TPSA) is 68.4 Å². The molecule has 0 saturated carbocycles. The molecule has 0 unspecified atom stereocenters. The van der Waals surface area contributed by atoms with E-state index in [0.29, 0.717) is 24.4 Å². The molecule has 1 saturated heterocycles. The number of carbonyl (C=O) groups excluding carboxylic acids is 1. The fraction of sp³-hybridized carbons (Fsp3) is 0.333. The highest BCUT2D eigenvalue weighted by molar-refractivity contribution is 5.88. The molecule has 30 heavy (non-hydrogen) atoms. The van der Waals surface area contributed by atoms with E-state index in [0.717, 1.165) is 53.3 Å². The summed E-state index contributed by atoms with van der Waals surface area (Å²) in [6.45, 7) is 3.13. The number of likely N-dealkylation sites (tertiary alicyclic amines) is 1. The standard InChI is InChI=1S/C24H24FN3O2/c1-15-19-3-2-16(12-17(19)5-9-27-15)20-13-18-4-6-24(30-22(18)14-21(20)25)7-10-28(11-8-24)23(26)29/h2-3,5,9,12-14H,4,6-8,10-11H2,1H3,(H2,26,29). The minimum absolute atomic E-state index is 0.287. The lowest BCUT2D eigenvalue weighted by molar-refractivity contribution is -0.00494. The van der Waals surface area contributed by atoms with Gasteiger partial charge >= 0.3 is 6.03 Å². The van der Waals surface area contributed by atoms with E-state index in [1.165, 1.54) is 6.07 Å². The molecule has 3 heterocycles. The van der Waals surface area contributed by atoms with Crippen LogP contribution < -0.4 is 10.5 Å². The predicted octanol–water partition coefficient (Wildman–Crippen LogP) is 4.59. The van der Waals surface area contributed by atoms with Crippen molar-refractivity contribution in [1.82, 2.24) is 9.88 Å². The number of fused-ring (bicyclic) bond motifs is 2. The summed E-state index contributed by atoms with van der Waals surface area (Å²) >= 11 is 0. The summed E-state index contributed by atoms with van der Waals surface area (Å²) in [6, 6.07) is 11.0. The van der Waals surface area contributed by atoms with Crippen LogP contribution in [0.15, 0.2) is 42.6 Å². The van der Waals surface area contributed by atoms with Gasteiger partial charge in [0.2, 0.25) is 0 Å². The van der Waals surface area contributed by atoms with E-state index in [2.05, 4.69) is 4.98 Å². The van der Waals surface area contributed by atoms with Crippen LogP contribution in [0.4, 0.5) is 9.18 Å². The Morgan fingerprint density at radius 2 is 1.97 bits per heavy atom. The number of primary amides is 1. The van der Waals surface area contributed by atoms with Crippen LogP contribution in [0.25, 0.3) is 21.9 Å². The normalized spacial score (nSPS) is 17.6. The van der Waals surface area contributed by atoms with E-state index < -0.39 is 6.03 Å². The lowest BCUT2D eigenvalue weighted by atomic mass is 9.82. The summed E-state index contributed by atoms with van der Waals surface area (Å²) in [5.41, 5.74) is 8.49. The predicted molar refractivity (Wildman–Crippen MR) is 114 cm³/mol. The molecule has 2 aliphatic heterocycles. The van der Waals surface area contributed by atoms with E-state index >= 15 is 4.39 Å². The van der Waals surface area contributed by atoms with Crippen molar-refractivity contribution in [3.05, 3.63) is 59.7 Å². The van der Waals surface area contributed by atoms with Crippen LogP contribution in [-0.4, -0.2) is 34.6 Å². The third kappa shape index (κ3) is 3.16. The van der Waals surface area contributed by atoms with Crippen LogP contribution in [0.2, 0.25) is 0 Å². The first-order valence-electron chi connectivity index (χ1n) is 10.4. The van der Waals surface area contributed by atoms with Gasteiger partial charge in [-0.05, 0) is 54.5 Å². The third-order valence-electron chi connectivity index (χ3n) is 6.59. The number of nitrogens with two attached hydrogens (primary N) is 1. The lowest BCUT2D eigenvalue weighted by Crippen LogP contribution is -2.52. The Morgan fingerprint density at radius 1 is 1.17 bits per heavy atom. The van der Waals surface area contributed by atoms with Crippen molar-refractivity contribution < 1.29 is 13.9 Å². The Morgan fingerprint density at radius 3 is 2.73 bits per heavy atom. The Hall–Kier alpha value is -3.15. The van der Waals surface area contributed by atoms with Crippen LogP contribution in [0.3, 0.4) is 0 Å². The quantitative estimate of drug-likeness (QED) is 0.644. The van der Waals surface area contributed by atoms with Gasteiger partial charge in [0, 0.05) is 54.8 Å². The van der Waals surface area contributed by atoms with Crippen molar-refractivity contribution >= 4 is 16.8 Å². The molecule has 2 aliphatic rings. The highest BCUT2D eigenvalue weighted by Gasteiger charge is 2.40. The smallest absolute Gasteiger partial charge is 0.314 e. The second-order valence-electron chi connectivity index (χ2n) is 8.38. The molecule has 2 amide bonds. The molecule has 2 aromatic carbocycles. The van der Waals surface area contributed by atoms with Gasteiger partial charge in [-0.1, -0.05) is 12.1 Å². The Kier molecular flexibility index (Phi) is 4.38. The third-order valence-corrected chi connectivity index (χ3v) is 6.59. The summed E-state index contributed by atoms with van der Waals surface area (Å²) in [5.74, 6) is 0.335. The summed E-state index contributed by atoms with van der Waals surface area (Å²) in [6.07, 6.45) is 4.91. The minimum Gasteiger partial charge on any atom is -0.487 e. The number of amides is 2. The number of pyridine rings is 1. The van der Waals surface area contributed by atoms with Crippen LogP contribution in [0.1, 0.15) is 30.5 Å². The van der Waals surface area contributed by atoms with Gasteiger partial charge in [0.1, 0.15) is 17.2 Å². The molecule has 0 aliphatic carbocycles. The lowest BCUT2D eigenvalue weighted by Gasteiger charge is -2.44. The van der Waals surface area contributed by atoms with Crippen LogP contribution in [0, 0.1) is 12.7 Å². The fourth-order valence-electron chi connectivity index (χ4n) is 4.74. The van der Waals surface area contributed by atoms with Crippen LogP contribution in [-0.2, 0) is 6.42 Å². The zero-order chi connectivity index (χ0) is 20.9. The van der Waals surface area contributed by atoms with Gasteiger partial charge in [-0.25, -0.2) is 9.18 Å². The van der Waals surface area contributed by atoms with Gasteiger partial charge in [0.05, 0.1) is 0 Å². The number of rotatable bonds is 1. The number of nitrogens with zero attached hydrogens (tertiary/aromatic N) is 2. The first kappa shape index (κ1) is 18.9. The number of aryl methyl sites for hydroxylation is 2. The van der Waals surface area contributed by atoms with E-state index in [9.17, 15) is 4.79 Å². The average Bonchev–Trinajstić information content (AvgIpc) is 2.73. The number of carbonyl (C=O) groups is 1. The van der Waals surface area contributed by atoms with Crippen LogP contribution >= 0.6 is 0 Å². The van der Waals surface area contributed by atoms with Crippen molar-refractivity contribution in [2.24, 2.45) is 5.73 Å². The molecule has 6 heteroatoms. The Balaban J connectivity index is 1.45. The molecule has 0 radical (unpaired) electrons. The number of urea groups is 1. The fourth-order valence-corrected chi connectivity index (χ4v) is 4.74. The maximum atomic E-state index is 15.1. The molecule has 154 valence electrons. The van der Waals surface area contributed by atoms with Gasteiger partial charge in [0.25, 0.3) is 0 Å². The number of hydrogen-bond donors (Lipinski definition) is 1. The Labute approximate surface area is 174 Å². The van der Waals surface area contributed by atoms with Gasteiger partial charge in [-0.2, -0.15) is 0 Å². The zero-order valence-corrected chi connectivity index (χ0v) is 17.0. The highest BCUT2D eigenvalue weighted by atomic mass is 19.1. The molecular weight excluding hydrogens is 381 g/mol. The van der Waals surface area contributed by atoms with Crippen molar-refractivity contribution in [2.45, 2.75) is 38.2 Å². The molecule has 3 aromatic rings. The highest BCUT2D eigenvalue weighted by Crippen LogP contribution is 2.42. The summed E-state index contributed by atoms with van der Waals surface area (Å²) < 4.78 is 21.4. The molecule has 1 aromatic heterocycles. The van der Waals surface area contributed by atoms with E-state index in [1.807, 2.05) is 37.3 Å². The number of aromatic nitrogens is 1. The molecule has 1 fully saturated rings. The van der Waals surface area contributed by atoms with Crippen LogP contribution in [0.5, 0.6) is 5.75 Å². The summed E-state index contributed by atoms with van der Waals surface area (Å²) in [5, 5.41) is 2.13. The number of hydrogen-bond acceptors (Lipinski definition) is 3. The number of benzene rings is 2. The first-order chi connectivity index (χ1) is 14.4. The largest absolute Gasteiger partial charge is 0.487 e. The van der Waals surface area contributed by atoms with E-state index in [1.54, 1.807) is 11.1 Å². The van der Waals surface area contributed by atoms with Crippen molar-refractivity contribution in [2.75, 3.05) is 13.1 Å². The Bertz CT molecular complexity index is 1150. The number of ether oxygens (including phenoxy) is 1. The van der Waals surface area contributed by atoms with Crippen molar-refractivity contribution in [1.29, 1.82) is 0 Å². The average molecular weight is 405 g/mol. The SMILES string of the molecule is Cc1nccc2cc(-c3cc4c(cc3F)OC3(CC4)CCN(C(N)=O)CC3)ccc12. The molecule has 2 N–H and O–H groups in total. The molecule has 1 spiro atoms. The maximum Gasteiger partial charge on any atom is 0.314 e. The van der Waals surface area contributed by atoms with E-state index in [-0.39, 0.29) is 11.4 Å². The first-order valence-corrected chi connectivity index (χ1v) is 10.4. The monoisotopic (exact) mass is 405 g/mol. The number of piperidine rings is 1. The number of halogens is 1. The summed E-state index contributed by atoms with van der Waals surface area (Å²) in [7, 11) is 0. The zero-order valence-electron chi connectivity index (χ0n) is 17.0. The van der Waals surface area contributed by atoms with Gasteiger partial charge < -0.3 is 15.4 Å². The molecule has 0 bridgehead atoms. The molecule has 5 nitrogen and oxygen atoms in total. The minimum atomic E-state index is -0.391. The molecule has 0 atom stereocenters. The second-order valence-corrected chi connectivity index (χ2v) is 8.38. The molecular formula is C24H24FN3O2. The van der Waals surface area contributed by atoms with Gasteiger partial charge in [-0.15, -0.1) is 0 Å². The van der Waals surface area contributed by atoms with Crippen molar-refractivity contribution in [3.8, 4) is 16.9 Å².